The Bertz CT molecular complexity index is 1070. The highest BCUT2D eigenvalue weighted by Crippen LogP contribution is 2.34. The van der Waals surface area contributed by atoms with Gasteiger partial charge < -0.3 is 9.88 Å². The number of nitro groups is 1. The van der Waals surface area contributed by atoms with E-state index < -0.39 is 10.8 Å². The number of carbonyl (C=O) groups is 1. The number of nitro benzene ring substituents is 1. The molecule has 3 aromatic rings. The number of aromatic nitrogens is 3. The molecular weight excluding hydrogens is 366 g/mol. The third-order valence-corrected chi connectivity index (χ3v) is 4.69. The van der Waals surface area contributed by atoms with Gasteiger partial charge in [0.15, 0.2) is 5.16 Å². The van der Waals surface area contributed by atoms with Crippen LogP contribution in [0.25, 0.3) is 0 Å². The van der Waals surface area contributed by atoms with Crippen LogP contribution in [0.5, 0.6) is 0 Å². The number of terminal acetylenes is 1. The summed E-state index contributed by atoms with van der Waals surface area (Å²) in [5.74, 6) is 2.01. The summed E-state index contributed by atoms with van der Waals surface area (Å²) in [6, 6.07) is 11.1. The lowest BCUT2D eigenvalue weighted by Gasteiger charge is -2.07. The molecule has 1 aromatic heterocycles. The third-order valence-electron chi connectivity index (χ3n) is 3.58. The maximum atomic E-state index is 12.5. The van der Waals surface area contributed by atoms with Crippen molar-refractivity contribution >= 4 is 29.0 Å². The Morgan fingerprint density at radius 3 is 2.81 bits per heavy atom. The summed E-state index contributed by atoms with van der Waals surface area (Å²) in [6.07, 6.45) is 6.85. The number of amides is 1. The van der Waals surface area contributed by atoms with Gasteiger partial charge in [0, 0.05) is 29.9 Å². The van der Waals surface area contributed by atoms with E-state index in [9.17, 15) is 14.9 Å². The number of nitrogens with one attached hydrogen (secondary N) is 1. The molecule has 8 nitrogen and oxygen atoms in total. The first-order valence-electron chi connectivity index (χ1n) is 7.66. The van der Waals surface area contributed by atoms with Crippen LogP contribution in [0.4, 0.5) is 11.4 Å². The van der Waals surface area contributed by atoms with E-state index in [-0.39, 0.29) is 11.3 Å². The smallest absolute Gasteiger partial charge is 0.284 e. The molecule has 0 aliphatic carbocycles. The topological polar surface area (TPSA) is 103 Å². The summed E-state index contributed by atoms with van der Waals surface area (Å²) in [6.45, 7) is 0. The lowest BCUT2D eigenvalue weighted by Crippen LogP contribution is -2.12. The summed E-state index contributed by atoms with van der Waals surface area (Å²) in [5.41, 5.74) is 1.10. The van der Waals surface area contributed by atoms with Crippen molar-refractivity contribution in [1.82, 2.24) is 14.8 Å². The number of hydrogen-bond donors (Lipinski definition) is 1. The van der Waals surface area contributed by atoms with E-state index in [1.165, 1.54) is 24.5 Å². The van der Waals surface area contributed by atoms with Crippen molar-refractivity contribution < 1.29 is 9.72 Å². The largest absolute Gasteiger partial charge is 0.322 e. The summed E-state index contributed by atoms with van der Waals surface area (Å²) in [7, 11) is 1.74. The highest BCUT2D eigenvalue weighted by molar-refractivity contribution is 7.99. The van der Waals surface area contributed by atoms with Crippen molar-refractivity contribution in [3.8, 4) is 12.3 Å². The molecule has 0 aliphatic heterocycles. The minimum absolute atomic E-state index is 0.162. The average Bonchev–Trinajstić information content (AvgIpc) is 3.06. The molecule has 0 unspecified atom stereocenters. The minimum Gasteiger partial charge on any atom is -0.322 e. The molecule has 0 saturated heterocycles. The van der Waals surface area contributed by atoms with Gasteiger partial charge in [-0.1, -0.05) is 12.0 Å². The van der Waals surface area contributed by atoms with Crippen LogP contribution in [0.2, 0.25) is 0 Å². The van der Waals surface area contributed by atoms with Crippen molar-refractivity contribution in [3.05, 3.63) is 70.0 Å². The zero-order valence-corrected chi connectivity index (χ0v) is 14.9. The SMILES string of the molecule is C#Cc1cccc(NC(=O)c2ccc(Sc3nncn3C)c([N+](=O)[O-])c2)c1. The highest BCUT2D eigenvalue weighted by atomic mass is 32.2. The predicted molar refractivity (Wildman–Crippen MR) is 101 cm³/mol. The molecule has 1 N–H and O–H groups in total. The van der Waals surface area contributed by atoms with Crippen LogP contribution < -0.4 is 5.32 Å². The number of benzene rings is 2. The maximum Gasteiger partial charge on any atom is 0.284 e. The monoisotopic (exact) mass is 379 g/mol. The first-order chi connectivity index (χ1) is 13.0. The third kappa shape index (κ3) is 4.13. The molecule has 0 bridgehead atoms. The first-order valence-corrected chi connectivity index (χ1v) is 8.48. The van der Waals surface area contributed by atoms with Crippen LogP contribution in [0.1, 0.15) is 15.9 Å². The van der Waals surface area contributed by atoms with Crippen molar-refractivity contribution in [3.63, 3.8) is 0 Å². The van der Waals surface area contributed by atoms with Gasteiger partial charge in [-0.05, 0) is 42.1 Å². The number of hydrogen-bond acceptors (Lipinski definition) is 6. The fourth-order valence-electron chi connectivity index (χ4n) is 2.24. The fourth-order valence-corrected chi connectivity index (χ4v) is 3.09. The zero-order chi connectivity index (χ0) is 19.4. The summed E-state index contributed by atoms with van der Waals surface area (Å²) in [5, 5.41) is 22.3. The van der Waals surface area contributed by atoms with Gasteiger partial charge in [-0.2, -0.15) is 0 Å². The lowest BCUT2D eigenvalue weighted by molar-refractivity contribution is -0.387. The Labute approximate surface area is 158 Å². The van der Waals surface area contributed by atoms with Crippen LogP contribution in [0.3, 0.4) is 0 Å². The predicted octanol–water partition coefficient (Wildman–Crippen LogP) is 3.11. The number of rotatable bonds is 5. The highest BCUT2D eigenvalue weighted by Gasteiger charge is 2.20. The van der Waals surface area contributed by atoms with Gasteiger partial charge in [-0.15, -0.1) is 16.6 Å². The molecule has 2 aromatic carbocycles. The van der Waals surface area contributed by atoms with E-state index in [1.54, 1.807) is 35.9 Å². The average molecular weight is 379 g/mol. The van der Waals surface area contributed by atoms with Crippen molar-refractivity contribution in [2.45, 2.75) is 10.1 Å². The maximum absolute atomic E-state index is 12.5. The molecule has 134 valence electrons. The Morgan fingerprint density at radius 2 is 2.15 bits per heavy atom. The molecule has 1 heterocycles. The molecule has 0 spiro atoms. The van der Waals surface area contributed by atoms with Gasteiger partial charge in [-0.3, -0.25) is 14.9 Å². The Hall–Kier alpha value is -3.64. The van der Waals surface area contributed by atoms with E-state index in [2.05, 4.69) is 21.4 Å². The normalized spacial score (nSPS) is 10.2. The van der Waals surface area contributed by atoms with E-state index in [0.717, 1.165) is 11.8 Å². The number of carbonyl (C=O) groups excluding carboxylic acids is 1. The summed E-state index contributed by atoms with van der Waals surface area (Å²) >= 11 is 1.10. The quantitative estimate of drug-likeness (QED) is 0.415. The number of nitrogens with zero attached hydrogens (tertiary/aromatic N) is 4. The molecule has 3 rings (SSSR count). The van der Waals surface area contributed by atoms with E-state index >= 15 is 0 Å². The summed E-state index contributed by atoms with van der Waals surface area (Å²) in [4.78, 5) is 23.7. The fraction of sp³-hybridized carbons (Fsp3) is 0.0556. The van der Waals surface area contributed by atoms with Gasteiger partial charge in [0.25, 0.3) is 11.6 Å². The number of anilines is 1. The summed E-state index contributed by atoms with van der Waals surface area (Å²) < 4.78 is 1.65. The molecule has 0 fully saturated rings. The Kier molecular flexibility index (Phi) is 5.19. The zero-order valence-electron chi connectivity index (χ0n) is 14.1. The minimum atomic E-state index is -0.533. The van der Waals surface area contributed by atoms with Crippen molar-refractivity contribution in [2.75, 3.05) is 5.32 Å². The molecule has 27 heavy (non-hydrogen) atoms. The van der Waals surface area contributed by atoms with Crippen molar-refractivity contribution in [1.29, 1.82) is 0 Å². The van der Waals surface area contributed by atoms with Crippen LogP contribution in [0, 0.1) is 22.5 Å². The standard InChI is InChI=1S/C18H13N5O3S/c1-3-12-5-4-6-14(9-12)20-17(24)13-7-8-16(15(10-13)23(25)26)27-18-21-19-11-22(18)2/h1,4-11H,2H3,(H,20,24). The second-order valence-corrected chi connectivity index (χ2v) is 6.45. The van der Waals surface area contributed by atoms with Gasteiger partial charge in [-0.25, -0.2) is 0 Å². The molecule has 1 amide bonds. The molecule has 0 aliphatic rings. The molecule has 0 atom stereocenters. The second-order valence-electron chi connectivity index (χ2n) is 5.45. The Morgan fingerprint density at radius 1 is 1.33 bits per heavy atom. The van der Waals surface area contributed by atoms with E-state index in [1.807, 2.05) is 0 Å². The van der Waals surface area contributed by atoms with Crippen LogP contribution in [-0.2, 0) is 7.05 Å². The van der Waals surface area contributed by atoms with Gasteiger partial charge in [0.2, 0.25) is 0 Å². The van der Waals surface area contributed by atoms with Crippen LogP contribution in [-0.4, -0.2) is 25.6 Å². The lowest BCUT2D eigenvalue weighted by atomic mass is 10.1. The number of aryl methyl sites for hydroxylation is 1. The van der Waals surface area contributed by atoms with Crippen molar-refractivity contribution in [2.24, 2.45) is 7.05 Å². The van der Waals surface area contributed by atoms with E-state index in [0.29, 0.717) is 21.3 Å². The molecule has 0 saturated carbocycles. The van der Waals surface area contributed by atoms with Crippen LogP contribution in [0.15, 0.2) is 58.8 Å². The first kappa shape index (κ1) is 18.2. The second kappa shape index (κ2) is 7.72. The van der Waals surface area contributed by atoms with Gasteiger partial charge >= 0.3 is 0 Å². The van der Waals surface area contributed by atoms with E-state index in [4.69, 9.17) is 6.42 Å². The molecule has 9 heteroatoms. The molecule has 0 radical (unpaired) electrons. The molecular formula is C18H13N5O3S. The van der Waals surface area contributed by atoms with Crippen LogP contribution >= 0.6 is 11.8 Å². The van der Waals surface area contributed by atoms with Gasteiger partial charge in [0.1, 0.15) is 6.33 Å². The Balaban J connectivity index is 1.87. The van der Waals surface area contributed by atoms with Gasteiger partial charge in [0.05, 0.1) is 9.82 Å².